The maximum atomic E-state index is 6.00. The molecule has 1 aliphatic rings. The summed E-state index contributed by atoms with van der Waals surface area (Å²) in [6, 6.07) is 14.7. The number of piperidine rings is 1. The highest BCUT2D eigenvalue weighted by molar-refractivity contribution is 14.0. The Morgan fingerprint density at radius 1 is 1.17 bits per heavy atom. The monoisotopic (exact) mass is 519 g/mol. The maximum Gasteiger partial charge on any atom is 0.191 e. The van der Waals surface area contributed by atoms with Gasteiger partial charge in [-0.05, 0) is 38.0 Å². The number of halogens is 1. The van der Waals surface area contributed by atoms with Crippen LogP contribution in [-0.4, -0.2) is 42.0 Å². The smallest absolute Gasteiger partial charge is 0.191 e. The summed E-state index contributed by atoms with van der Waals surface area (Å²) in [6.45, 7) is 5.78. The van der Waals surface area contributed by atoms with E-state index >= 15 is 0 Å². The number of hydrogen-bond acceptors (Lipinski definition) is 4. The van der Waals surface area contributed by atoms with Crippen molar-refractivity contribution in [3.05, 3.63) is 65.7 Å². The third kappa shape index (κ3) is 5.51. The van der Waals surface area contributed by atoms with Gasteiger partial charge >= 0.3 is 0 Å². The van der Waals surface area contributed by atoms with Crippen LogP contribution in [0.2, 0.25) is 0 Å². The number of aromatic nitrogens is 1. The molecule has 6 nitrogen and oxygen atoms in total. The van der Waals surface area contributed by atoms with Gasteiger partial charge < -0.3 is 15.1 Å². The van der Waals surface area contributed by atoms with E-state index in [0.29, 0.717) is 12.6 Å². The van der Waals surface area contributed by atoms with E-state index in [-0.39, 0.29) is 24.0 Å². The van der Waals surface area contributed by atoms with Crippen LogP contribution in [0.3, 0.4) is 0 Å². The number of benzene rings is 1. The van der Waals surface area contributed by atoms with Gasteiger partial charge in [-0.2, -0.15) is 0 Å². The summed E-state index contributed by atoms with van der Waals surface area (Å²) in [4.78, 5) is 11.3. The summed E-state index contributed by atoms with van der Waals surface area (Å²) < 4.78 is 6.00. The van der Waals surface area contributed by atoms with Gasteiger partial charge in [0.2, 0.25) is 0 Å². The molecule has 2 aromatic heterocycles. The van der Waals surface area contributed by atoms with E-state index in [1.807, 2.05) is 37.5 Å². The summed E-state index contributed by atoms with van der Waals surface area (Å²) in [5.41, 5.74) is 3.26. The molecular formula is C23H30IN5O. The molecule has 160 valence electrons. The van der Waals surface area contributed by atoms with Crippen molar-refractivity contribution in [2.24, 2.45) is 4.99 Å². The van der Waals surface area contributed by atoms with Gasteiger partial charge in [0.1, 0.15) is 11.3 Å². The molecule has 1 saturated heterocycles. The van der Waals surface area contributed by atoms with Crippen molar-refractivity contribution in [3.63, 3.8) is 0 Å². The molecule has 1 fully saturated rings. The molecule has 7 heteroatoms. The van der Waals surface area contributed by atoms with Crippen LogP contribution in [-0.2, 0) is 13.1 Å². The minimum absolute atomic E-state index is 0. The van der Waals surface area contributed by atoms with Crippen LogP contribution >= 0.6 is 24.0 Å². The zero-order valence-electron chi connectivity index (χ0n) is 17.6. The fraction of sp³-hybridized carbons (Fsp3) is 0.391. The van der Waals surface area contributed by atoms with E-state index in [9.17, 15) is 0 Å². The Morgan fingerprint density at radius 3 is 2.63 bits per heavy atom. The van der Waals surface area contributed by atoms with Crippen molar-refractivity contribution in [1.82, 2.24) is 20.5 Å². The maximum absolute atomic E-state index is 6.00. The molecule has 0 unspecified atom stereocenters. The van der Waals surface area contributed by atoms with Crippen LogP contribution in [0.1, 0.15) is 29.9 Å². The first-order valence-electron chi connectivity index (χ1n) is 10.3. The summed E-state index contributed by atoms with van der Waals surface area (Å²) in [6.07, 6.45) is 4.05. The molecule has 3 heterocycles. The number of guanidine groups is 1. The fourth-order valence-corrected chi connectivity index (χ4v) is 3.90. The molecule has 0 saturated carbocycles. The Labute approximate surface area is 195 Å². The van der Waals surface area contributed by atoms with Crippen molar-refractivity contribution in [2.45, 2.75) is 38.9 Å². The number of likely N-dealkylation sites (tertiary alicyclic amines) is 1. The Kier molecular flexibility index (Phi) is 8.09. The number of hydrogen-bond donors (Lipinski definition) is 2. The molecule has 0 spiro atoms. The number of rotatable bonds is 5. The van der Waals surface area contributed by atoms with Gasteiger partial charge in [0.05, 0.1) is 12.2 Å². The van der Waals surface area contributed by atoms with Crippen LogP contribution in [0, 0.1) is 6.92 Å². The van der Waals surface area contributed by atoms with E-state index < -0.39 is 0 Å². The predicted molar refractivity (Wildman–Crippen MR) is 132 cm³/mol. The van der Waals surface area contributed by atoms with E-state index in [1.165, 1.54) is 10.9 Å². The van der Waals surface area contributed by atoms with Gasteiger partial charge in [-0.1, -0.05) is 24.3 Å². The highest BCUT2D eigenvalue weighted by Crippen LogP contribution is 2.24. The molecule has 0 amide bonds. The number of nitrogens with one attached hydrogen (secondary N) is 2. The lowest BCUT2D eigenvalue weighted by molar-refractivity contribution is 0.196. The Bertz CT molecular complexity index is 964. The molecule has 2 N–H and O–H groups in total. The molecule has 0 atom stereocenters. The number of aliphatic imine (C=N–C) groups is 1. The number of pyridine rings is 1. The Balaban J connectivity index is 0.00000256. The van der Waals surface area contributed by atoms with Gasteiger partial charge in [-0.3, -0.25) is 14.9 Å². The number of aryl methyl sites for hydroxylation is 1. The SMILES string of the molecule is CN=C(NCc1oc2ccccc2c1C)NC1CCN(Cc2ccccn2)CC1.I. The Hall–Kier alpha value is -2.13. The van der Waals surface area contributed by atoms with E-state index in [4.69, 9.17) is 4.42 Å². The average molecular weight is 519 g/mol. The molecule has 4 rings (SSSR count). The van der Waals surface area contributed by atoms with Crippen molar-refractivity contribution >= 4 is 40.9 Å². The molecule has 0 aliphatic carbocycles. The average Bonchev–Trinajstić information content (AvgIpc) is 3.09. The minimum Gasteiger partial charge on any atom is -0.459 e. The van der Waals surface area contributed by atoms with Crippen molar-refractivity contribution in [1.29, 1.82) is 0 Å². The normalized spacial score (nSPS) is 15.7. The molecule has 0 bridgehead atoms. The zero-order chi connectivity index (χ0) is 20.1. The first-order valence-corrected chi connectivity index (χ1v) is 10.3. The first kappa shape index (κ1) is 22.6. The summed E-state index contributed by atoms with van der Waals surface area (Å²) in [5.74, 6) is 1.78. The van der Waals surface area contributed by atoms with Crippen LogP contribution in [0.25, 0.3) is 11.0 Å². The zero-order valence-corrected chi connectivity index (χ0v) is 19.9. The molecule has 1 aliphatic heterocycles. The highest BCUT2D eigenvalue weighted by atomic mass is 127. The summed E-state index contributed by atoms with van der Waals surface area (Å²) >= 11 is 0. The van der Waals surface area contributed by atoms with Gasteiger partial charge in [-0.15, -0.1) is 24.0 Å². The third-order valence-corrected chi connectivity index (χ3v) is 5.62. The quantitative estimate of drug-likeness (QED) is 0.302. The largest absolute Gasteiger partial charge is 0.459 e. The van der Waals surface area contributed by atoms with E-state index in [0.717, 1.165) is 55.5 Å². The number of fused-ring (bicyclic) bond motifs is 1. The van der Waals surface area contributed by atoms with Crippen molar-refractivity contribution in [3.8, 4) is 0 Å². The molecule has 1 aromatic carbocycles. The highest BCUT2D eigenvalue weighted by Gasteiger charge is 2.20. The lowest BCUT2D eigenvalue weighted by Gasteiger charge is -2.32. The Morgan fingerprint density at radius 2 is 1.93 bits per heavy atom. The lowest BCUT2D eigenvalue weighted by atomic mass is 10.0. The van der Waals surface area contributed by atoms with E-state index in [2.05, 4.69) is 50.6 Å². The van der Waals surface area contributed by atoms with Crippen LogP contribution in [0.4, 0.5) is 0 Å². The van der Waals surface area contributed by atoms with Gasteiger partial charge in [0.25, 0.3) is 0 Å². The second kappa shape index (κ2) is 10.8. The van der Waals surface area contributed by atoms with Gasteiger partial charge in [0.15, 0.2) is 5.96 Å². The van der Waals surface area contributed by atoms with Crippen molar-refractivity contribution < 1.29 is 4.42 Å². The second-order valence-electron chi connectivity index (χ2n) is 7.59. The predicted octanol–water partition coefficient (Wildman–Crippen LogP) is 4.08. The van der Waals surface area contributed by atoms with Crippen LogP contribution in [0.5, 0.6) is 0 Å². The molecule has 3 aromatic rings. The summed E-state index contributed by atoms with van der Waals surface area (Å²) in [5, 5.41) is 8.15. The second-order valence-corrected chi connectivity index (χ2v) is 7.59. The number of nitrogens with zero attached hydrogens (tertiary/aromatic N) is 3. The van der Waals surface area contributed by atoms with Crippen LogP contribution < -0.4 is 10.6 Å². The van der Waals surface area contributed by atoms with Gasteiger partial charge in [-0.25, -0.2) is 0 Å². The third-order valence-electron chi connectivity index (χ3n) is 5.62. The van der Waals surface area contributed by atoms with Crippen molar-refractivity contribution in [2.75, 3.05) is 20.1 Å². The topological polar surface area (TPSA) is 65.7 Å². The first-order chi connectivity index (χ1) is 14.2. The van der Waals surface area contributed by atoms with E-state index in [1.54, 1.807) is 0 Å². The lowest BCUT2D eigenvalue weighted by Crippen LogP contribution is -2.48. The fourth-order valence-electron chi connectivity index (χ4n) is 3.90. The number of furan rings is 1. The van der Waals surface area contributed by atoms with Crippen LogP contribution in [0.15, 0.2) is 58.1 Å². The standard InChI is InChI=1S/C23H29N5O.HI/c1-17-20-8-3-4-9-21(20)29-22(17)15-26-23(24-2)27-18-10-13-28(14-11-18)16-19-7-5-6-12-25-19;/h3-9,12,18H,10-11,13-16H2,1-2H3,(H2,24,26,27);1H. The molecule has 30 heavy (non-hydrogen) atoms. The summed E-state index contributed by atoms with van der Waals surface area (Å²) in [7, 11) is 1.82. The number of para-hydroxylation sites is 1. The van der Waals surface area contributed by atoms with Gasteiger partial charge in [0, 0.05) is 49.9 Å². The molecular weight excluding hydrogens is 489 g/mol. The molecule has 0 radical (unpaired) electrons. The minimum atomic E-state index is 0.